The van der Waals surface area contributed by atoms with Gasteiger partial charge in [-0.05, 0) is 63.7 Å². The molecule has 0 radical (unpaired) electrons. The van der Waals surface area contributed by atoms with Gasteiger partial charge < -0.3 is 4.74 Å². The number of hydrogen-bond acceptors (Lipinski definition) is 6. The van der Waals surface area contributed by atoms with Crippen molar-refractivity contribution in [1.82, 2.24) is 29.8 Å². The van der Waals surface area contributed by atoms with Crippen molar-refractivity contribution in [2.45, 2.75) is 25.8 Å². The van der Waals surface area contributed by atoms with E-state index in [1.165, 1.54) is 0 Å². The van der Waals surface area contributed by atoms with E-state index in [4.69, 9.17) is 9.95 Å². The van der Waals surface area contributed by atoms with E-state index >= 15 is 0 Å². The van der Waals surface area contributed by atoms with Crippen LogP contribution in [0.5, 0.6) is 0 Å². The molecule has 0 aliphatic rings. The zero-order valence-electron chi connectivity index (χ0n) is 26.8. The minimum absolute atomic E-state index is 0.359. The molecule has 0 amide bonds. The Labute approximate surface area is 279 Å². The van der Waals surface area contributed by atoms with Crippen LogP contribution < -0.4 is 0 Å². The van der Waals surface area contributed by atoms with Crippen LogP contribution in [0.25, 0.3) is 28.2 Å². The summed E-state index contributed by atoms with van der Waals surface area (Å²) < 4.78 is 9.19. The van der Waals surface area contributed by atoms with Crippen LogP contribution in [-0.4, -0.2) is 42.3 Å². The molecule has 48 heavy (non-hydrogen) atoms. The van der Waals surface area contributed by atoms with Gasteiger partial charge in [-0.2, -0.15) is 0 Å². The van der Waals surface area contributed by atoms with Gasteiger partial charge >= 0.3 is 5.97 Å². The summed E-state index contributed by atoms with van der Waals surface area (Å²) in [5.41, 5.74) is 6.24. The Balaban J connectivity index is 1.38. The predicted octanol–water partition coefficient (Wildman–Crippen LogP) is 7.91. The molecule has 0 saturated heterocycles. The number of esters is 1. The highest BCUT2D eigenvalue weighted by molar-refractivity contribution is 5.88. The summed E-state index contributed by atoms with van der Waals surface area (Å²) in [4.78, 5) is 17.2. The van der Waals surface area contributed by atoms with Gasteiger partial charge in [0.1, 0.15) is 11.4 Å². The fraction of sp³-hybridized carbons (Fsp3) is 0.125. The number of tetrazole rings is 1. The molecule has 7 aromatic rings. The van der Waals surface area contributed by atoms with Crippen LogP contribution in [0, 0.1) is 6.92 Å². The van der Waals surface area contributed by atoms with E-state index in [1.807, 2.05) is 114 Å². The van der Waals surface area contributed by atoms with Crippen LogP contribution in [-0.2, 0) is 10.3 Å². The smallest absolute Gasteiger partial charge is 0.356 e. The summed E-state index contributed by atoms with van der Waals surface area (Å²) in [6.07, 6.45) is 2.31. The van der Waals surface area contributed by atoms with Crippen LogP contribution in [0.1, 0.15) is 46.3 Å². The van der Waals surface area contributed by atoms with E-state index < -0.39 is 11.5 Å². The Morgan fingerprint density at radius 2 is 1.25 bits per heavy atom. The van der Waals surface area contributed by atoms with Crippen LogP contribution in [0.4, 0.5) is 0 Å². The fourth-order valence-corrected chi connectivity index (χ4v) is 6.39. The first-order chi connectivity index (χ1) is 23.6. The van der Waals surface area contributed by atoms with Gasteiger partial charge in [-0.25, -0.2) is 14.5 Å². The van der Waals surface area contributed by atoms with Crippen LogP contribution in [0.3, 0.4) is 0 Å². The van der Waals surface area contributed by atoms with Crippen molar-refractivity contribution in [3.8, 4) is 28.2 Å². The van der Waals surface area contributed by atoms with E-state index in [2.05, 4.69) is 63.8 Å². The van der Waals surface area contributed by atoms with Gasteiger partial charge in [0.05, 0.1) is 12.8 Å². The Bertz CT molecular complexity index is 2040. The van der Waals surface area contributed by atoms with Gasteiger partial charge in [-0.1, -0.05) is 134 Å². The van der Waals surface area contributed by atoms with Gasteiger partial charge in [0.25, 0.3) is 0 Å². The molecule has 0 saturated carbocycles. The van der Waals surface area contributed by atoms with E-state index in [1.54, 1.807) is 6.20 Å². The summed E-state index contributed by atoms with van der Waals surface area (Å²) in [7, 11) is 0. The summed E-state index contributed by atoms with van der Waals surface area (Å²) in [5.74, 6) is 0.930. The Morgan fingerprint density at radius 3 is 1.81 bits per heavy atom. The number of aromatic nitrogens is 6. The molecular formula is C40H34N6O2. The Morgan fingerprint density at radius 1 is 0.708 bits per heavy atom. The monoisotopic (exact) mass is 630 g/mol. The second-order valence-corrected chi connectivity index (χ2v) is 11.5. The molecule has 2 aromatic heterocycles. The third kappa shape index (κ3) is 5.37. The number of carbonyl (C=O) groups excluding carboxylic acids is 1. The summed E-state index contributed by atoms with van der Waals surface area (Å²) in [6, 6.07) is 47.3. The van der Waals surface area contributed by atoms with Crippen LogP contribution in [0.15, 0.2) is 146 Å². The molecule has 8 nitrogen and oxygen atoms in total. The first kappa shape index (κ1) is 30.5. The largest absolute Gasteiger partial charge is 0.461 e. The topological polar surface area (TPSA) is 87.7 Å². The number of rotatable bonds is 10. The molecule has 0 N–H and O–H groups in total. The lowest BCUT2D eigenvalue weighted by Crippen LogP contribution is -2.39. The maximum Gasteiger partial charge on any atom is 0.356 e. The quantitative estimate of drug-likeness (QED) is 0.113. The number of carbonyl (C=O) groups is 1. The van der Waals surface area contributed by atoms with Crippen molar-refractivity contribution in [2.24, 2.45) is 0 Å². The lowest BCUT2D eigenvalue weighted by Gasteiger charge is -2.36. The summed E-state index contributed by atoms with van der Waals surface area (Å²) in [5, 5.41) is 13.7. The van der Waals surface area contributed by atoms with Crippen LogP contribution in [0.2, 0.25) is 0 Å². The molecule has 0 aliphatic carbocycles. The van der Waals surface area contributed by atoms with Gasteiger partial charge in [0.2, 0.25) is 0 Å². The predicted molar refractivity (Wildman–Crippen MR) is 186 cm³/mol. The first-order valence-electron chi connectivity index (χ1n) is 16.0. The zero-order valence-corrected chi connectivity index (χ0v) is 26.8. The number of hydrogen-bond donors (Lipinski definition) is 0. The highest BCUT2D eigenvalue weighted by Crippen LogP contribution is 2.43. The van der Waals surface area contributed by atoms with Crippen molar-refractivity contribution >= 4 is 5.97 Å². The standard InChI is InChI=1S/C40H34N6O2/c1-3-27-48-39(47)37-28-41-29(2)45(37)34-25-23-30(24-26-34)35-21-13-14-22-36(35)38-42-43-44-46(38)40(31-15-7-4-8-16-31,32-17-9-5-10-18-32)33-19-11-6-12-20-33/h4-26,28H,3,27H2,1-2H3. The number of imidazole rings is 1. The molecule has 8 heteroatoms. The fourth-order valence-electron chi connectivity index (χ4n) is 6.39. The molecular weight excluding hydrogens is 596 g/mol. The molecule has 0 atom stereocenters. The van der Waals surface area contributed by atoms with E-state index in [0.717, 1.165) is 45.5 Å². The normalized spacial score (nSPS) is 11.4. The molecule has 0 spiro atoms. The van der Waals surface area contributed by atoms with Crippen LogP contribution >= 0.6 is 0 Å². The average Bonchev–Trinajstić information content (AvgIpc) is 3.80. The lowest BCUT2D eigenvalue weighted by atomic mass is 9.77. The van der Waals surface area contributed by atoms with Crippen molar-refractivity contribution in [3.05, 3.63) is 174 Å². The number of benzene rings is 5. The first-order valence-corrected chi connectivity index (χ1v) is 16.0. The minimum Gasteiger partial charge on any atom is -0.461 e. The molecule has 2 heterocycles. The zero-order chi connectivity index (χ0) is 32.9. The summed E-state index contributed by atoms with van der Waals surface area (Å²) >= 11 is 0. The van der Waals surface area contributed by atoms with Crippen molar-refractivity contribution < 1.29 is 9.53 Å². The molecule has 0 fully saturated rings. The van der Waals surface area contributed by atoms with Crippen molar-refractivity contribution in [1.29, 1.82) is 0 Å². The second-order valence-electron chi connectivity index (χ2n) is 11.5. The van der Waals surface area contributed by atoms with Gasteiger partial charge in [0.15, 0.2) is 11.5 Å². The number of nitrogens with zero attached hydrogens (tertiary/aromatic N) is 6. The maximum absolute atomic E-state index is 12.8. The molecule has 0 aliphatic heterocycles. The molecule has 5 aromatic carbocycles. The molecule has 0 bridgehead atoms. The third-order valence-electron chi connectivity index (χ3n) is 8.55. The average molecular weight is 631 g/mol. The van der Waals surface area contributed by atoms with Gasteiger partial charge in [-0.3, -0.25) is 4.57 Å². The Hall–Kier alpha value is -6.15. The minimum atomic E-state index is -0.874. The van der Waals surface area contributed by atoms with Gasteiger partial charge in [-0.15, -0.1) is 5.10 Å². The lowest BCUT2D eigenvalue weighted by molar-refractivity contribution is 0.0495. The molecule has 0 unspecified atom stereocenters. The van der Waals surface area contributed by atoms with E-state index in [-0.39, 0.29) is 0 Å². The van der Waals surface area contributed by atoms with Gasteiger partial charge in [0, 0.05) is 11.3 Å². The molecule has 236 valence electrons. The maximum atomic E-state index is 12.8. The molecule has 7 rings (SSSR count). The number of aryl methyl sites for hydroxylation is 1. The highest BCUT2D eigenvalue weighted by Gasteiger charge is 2.42. The Kier molecular flexibility index (Phi) is 8.45. The second kappa shape index (κ2) is 13.3. The van der Waals surface area contributed by atoms with Crippen molar-refractivity contribution in [2.75, 3.05) is 6.61 Å². The van der Waals surface area contributed by atoms with Crippen molar-refractivity contribution in [3.63, 3.8) is 0 Å². The van der Waals surface area contributed by atoms with E-state index in [0.29, 0.717) is 23.9 Å². The van der Waals surface area contributed by atoms with E-state index in [9.17, 15) is 4.79 Å². The highest BCUT2D eigenvalue weighted by atomic mass is 16.5. The SMILES string of the molecule is CCCOC(=O)c1cnc(C)n1-c1ccc(-c2ccccc2-c2nnnn2C(c2ccccc2)(c2ccccc2)c2ccccc2)cc1. The third-order valence-corrected chi connectivity index (χ3v) is 8.55. The number of ether oxygens (including phenoxy) is 1. The summed E-state index contributed by atoms with van der Waals surface area (Å²) in [6.45, 7) is 4.20.